The minimum absolute atomic E-state index is 0.0223. The molecule has 2 heteroatoms. The summed E-state index contributed by atoms with van der Waals surface area (Å²) in [5.41, 5.74) is 31.3. The van der Waals surface area contributed by atoms with Gasteiger partial charge in [-0.25, -0.2) is 0 Å². The maximum absolute atomic E-state index is 2.69. The number of fused-ring (bicyclic) bond motifs is 13. The molecule has 0 unspecified atom stereocenters. The van der Waals surface area contributed by atoms with Crippen molar-refractivity contribution < 1.29 is 0 Å². The van der Waals surface area contributed by atoms with E-state index in [4.69, 9.17) is 0 Å². The summed E-state index contributed by atoms with van der Waals surface area (Å²) >= 11 is 0. The normalized spacial score (nSPS) is 19.9. The van der Waals surface area contributed by atoms with Gasteiger partial charge in [0.25, 0.3) is 0 Å². The van der Waals surface area contributed by atoms with Gasteiger partial charge in [0.05, 0.1) is 0 Å². The lowest BCUT2D eigenvalue weighted by molar-refractivity contribution is 0.578. The van der Waals surface area contributed by atoms with Crippen molar-refractivity contribution in [1.29, 1.82) is 0 Å². The second kappa shape index (κ2) is 15.5. The molecule has 0 aromatic heterocycles. The van der Waals surface area contributed by atoms with Gasteiger partial charge in [-0.1, -0.05) is 134 Å². The van der Waals surface area contributed by atoms with Crippen LogP contribution in [0.1, 0.15) is 157 Å². The fourth-order valence-electron chi connectivity index (χ4n) is 16.1. The quantitative estimate of drug-likeness (QED) is 0.162. The third-order valence-corrected chi connectivity index (χ3v) is 20.2. The van der Waals surface area contributed by atoms with Gasteiger partial charge in [0, 0.05) is 59.2 Å². The highest BCUT2D eigenvalue weighted by Gasteiger charge is 2.45. The number of anilines is 2. The third-order valence-electron chi connectivity index (χ3n) is 20.2. The molecule has 0 radical (unpaired) electrons. The minimum atomic E-state index is -0.160. The average Bonchev–Trinajstić information content (AvgIpc) is 3.98. The average molecular weight is 963 g/mol. The van der Waals surface area contributed by atoms with E-state index in [1.165, 1.54) is 177 Å². The highest BCUT2D eigenvalue weighted by molar-refractivity contribution is 6.20. The molecule has 368 valence electrons. The molecule has 2 aliphatic heterocycles. The van der Waals surface area contributed by atoms with Gasteiger partial charge < -0.3 is 9.80 Å². The topological polar surface area (TPSA) is 6.48 Å². The lowest BCUT2D eigenvalue weighted by Crippen LogP contribution is -2.29. The number of benzene rings is 8. The number of hydrogen-bond donors (Lipinski definition) is 0. The lowest BCUT2D eigenvalue weighted by Gasteiger charge is -2.31. The molecule has 0 amide bonds. The van der Waals surface area contributed by atoms with Crippen molar-refractivity contribution in [1.82, 2.24) is 0 Å². The van der Waals surface area contributed by atoms with E-state index in [2.05, 4.69) is 199 Å². The zero-order valence-electron chi connectivity index (χ0n) is 45.1. The Balaban J connectivity index is 0.943. The molecule has 15 rings (SSSR count). The molecule has 0 atom stereocenters. The highest BCUT2D eigenvalue weighted by atomic mass is 15.1. The predicted octanol–water partition coefficient (Wildman–Crippen LogP) is 18.5. The Kier molecular flexibility index (Phi) is 9.37. The van der Waals surface area contributed by atoms with E-state index >= 15 is 0 Å². The van der Waals surface area contributed by atoms with Crippen LogP contribution in [0.15, 0.2) is 139 Å². The fourth-order valence-corrected chi connectivity index (χ4v) is 16.1. The van der Waals surface area contributed by atoms with Crippen LogP contribution in [0.4, 0.5) is 11.4 Å². The van der Waals surface area contributed by atoms with Gasteiger partial charge in [-0.05, 0) is 239 Å². The smallest absolute Gasteiger partial charge is 0.0372 e. The number of hydrogen-bond acceptors (Lipinski definition) is 2. The van der Waals surface area contributed by atoms with Crippen LogP contribution in [0, 0.1) is 0 Å². The van der Waals surface area contributed by atoms with Crippen LogP contribution in [0.3, 0.4) is 0 Å². The molecule has 0 saturated carbocycles. The number of allylic oxidation sites excluding steroid dienone is 4. The van der Waals surface area contributed by atoms with Crippen LogP contribution in [0.2, 0.25) is 0 Å². The Morgan fingerprint density at radius 3 is 1.34 bits per heavy atom. The van der Waals surface area contributed by atoms with Gasteiger partial charge in [-0.15, -0.1) is 0 Å². The van der Waals surface area contributed by atoms with Crippen molar-refractivity contribution in [3.8, 4) is 44.5 Å². The second-order valence-corrected chi connectivity index (χ2v) is 25.6. The van der Waals surface area contributed by atoms with E-state index in [9.17, 15) is 0 Å². The summed E-state index contributed by atoms with van der Waals surface area (Å²) in [6.07, 6.45) is 12.5. The maximum Gasteiger partial charge on any atom is 0.0372 e. The monoisotopic (exact) mass is 963 g/mol. The van der Waals surface area contributed by atoms with Crippen LogP contribution in [-0.2, 0) is 21.7 Å². The van der Waals surface area contributed by atoms with E-state index < -0.39 is 0 Å². The molecular weight excluding hydrogens is 893 g/mol. The molecule has 8 aromatic rings. The van der Waals surface area contributed by atoms with E-state index in [0.717, 1.165) is 39.0 Å². The Hall–Kier alpha value is -6.64. The SMILES string of the molecule is CC1(C)C2=C(CCC(c3c4cc(N5CCCCC5)ccc4c(-c4ccc5c(c4)C(C)(C)c4cc6c(cc4-5)C(C)(C)c4ccccc4-6)c4cc(N5CCCCC5)ccc34)=C2)c2cc3c(cc21)-c1ccccc1C3(C)C. The zero-order valence-corrected chi connectivity index (χ0v) is 45.1. The van der Waals surface area contributed by atoms with Crippen molar-refractivity contribution in [3.05, 3.63) is 189 Å². The molecule has 5 aliphatic carbocycles. The zero-order chi connectivity index (χ0) is 50.2. The Labute approximate surface area is 439 Å². The first-order chi connectivity index (χ1) is 35.7. The van der Waals surface area contributed by atoms with Gasteiger partial charge >= 0.3 is 0 Å². The molecule has 2 nitrogen and oxygen atoms in total. The summed E-state index contributed by atoms with van der Waals surface area (Å²) in [5.74, 6) is 0. The molecule has 74 heavy (non-hydrogen) atoms. The van der Waals surface area contributed by atoms with E-state index in [1.807, 2.05) is 0 Å². The van der Waals surface area contributed by atoms with Gasteiger partial charge in [-0.3, -0.25) is 0 Å². The predicted molar refractivity (Wildman–Crippen MR) is 315 cm³/mol. The molecule has 0 bridgehead atoms. The van der Waals surface area contributed by atoms with Crippen LogP contribution < -0.4 is 9.80 Å². The van der Waals surface area contributed by atoms with E-state index in [1.54, 1.807) is 5.57 Å². The number of nitrogens with zero attached hydrogens (tertiary/aromatic N) is 2. The van der Waals surface area contributed by atoms with Crippen LogP contribution >= 0.6 is 0 Å². The molecular formula is C72H70N2. The first-order valence-corrected chi connectivity index (χ1v) is 28.4. The summed E-state index contributed by atoms with van der Waals surface area (Å²) in [5, 5.41) is 5.56. The Morgan fingerprint density at radius 1 is 0.338 bits per heavy atom. The number of rotatable bonds is 4. The fraction of sp³-hybridized carbons (Fsp3) is 0.333. The van der Waals surface area contributed by atoms with Gasteiger partial charge in [0.1, 0.15) is 0 Å². The Morgan fingerprint density at radius 2 is 0.784 bits per heavy atom. The summed E-state index contributed by atoms with van der Waals surface area (Å²) in [6.45, 7) is 24.2. The van der Waals surface area contributed by atoms with E-state index in [-0.39, 0.29) is 21.7 Å². The second-order valence-electron chi connectivity index (χ2n) is 25.6. The third kappa shape index (κ3) is 6.06. The van der Waals surface area contributed by atoms with Crippen molar-refractivity contribution in [2.45, 2.75) is 128 Å². The first kappa shape index (κ1) is 44.8. The van der Waals surface area contributed by atoms with Crippen molar-refractivity contribution >= 4 is 44.1 Å². The van der Waals surface area contributed by atoms with Crippen LogP contribution in [0.5, 0.6) is 0 Å². The molecule has 0 spiro atoms. The molecule has 2 fully saturated rings. The lowest BCUT2D eigenvalue weighted by atomic mass is 9.76. The number of piperidine rings is 2. The Bertz CT molecular complexity index is 3850. The van der Waals surface area contributed by atoms with Crippen LogP contribution in [0.25, 0.3) is 77.2 Å². The largest absolute Gasteiger partial charge is 0.372 e. The molecule has 2 heterocycles. The first-order valence-electron chi connectivity index (χ1n) is 28.4. The summed E-state index contributed by atoms with van der Waals surface area (Å²) in [4.78, 5) is 5.34. The van der Waals surface area contributed by atoms with E-state index in [0.29, 0.717) is 0 Å². The van der Waals surface area contributed by atoms with Crippen molar-refractivity contribution in [2.75, 3.05) is 36.0 Å². The molecule has 7 aliphatic rings. The van der Waals surface area contributed by atoms with Crippen molar-refractivity contribution in [3.63, 3.8) is 0 Å². The summed E-state index contributed by atoms with van der Waals surface area (Å²) in [7, 11) is 0. The van der Waals surface area contributed by atoms with Gasteiger partial charge in [-0.2, -0.15) is 0 Å². The summed E-state index contributed by atoms with van der Waals surface area (Å²) < 4.78 is 0. The standard InChI is InChI=1S/C72H70N2/c1-69(2)59-21-13-11-19-47(59)53-39-65-55(41-63(53)69)49-27-23-43(35-61(49)71(65,5)6)67-51-29-25-46(74-33-17-10-18-34-74)38-58(51)68(52-30-26-45(37-57(52)67)73-31-15-9-16-32-73)44-24-28-50-56-42-64-54(40-66(56)72(7,8)62(50)36-44)48-20-12-14-22-60(48)70(64,3)4/h11-14,19-23,25-27,29-30,35-42H,9-10,15-18,24,28,31-34H2,1-8H3. The maximum atomic E-state index is 2.69. The molecule has 8 aromatic carbocycles. The molecule has 0 N–H and O–H groups in total. The van der Waals surface area contributed by atoms with Crippen LogP contribution in [-0.4, -0.2) is 26.2 Å². The minimum Gasteiger partial charge on any atom is -0.372 e. The van der Waals surface area contributed by atoms with Crippen molar-refractivity contribution in [2.24, 2.45) is 0 Å². The van der Waals surface area contributed by atoms with Gasteiger partial charge in [0.2, 0.25) is 0 Å². The molecule has 2 saturated heterocycles. The summed E-state index contributed by atoms with van der Waals surface area (Å²) in [6, 6.07) is 51.5. The highest BCUT2D eigenvalue weighted by Crippen LogP contribution is 2.60. The van der Waals surface area contributed by atoms with Gasteiger partial charge in [0.15, 0.2) is 0 Å².